The molecule has 0 saturated carbocycles. The molecule has 0 saturated heterocycles. The number of benzene rings is 2. The Kier molecular flexibility index (Phi) is 7.83. The smallest absolute Gasteiger partial charge is 0.338 e. The standard InChI is InChI=1S/C26H24BrN3O7S/c1-5-36-25(33)21-14(4)28-26-29(22(21)17-8-6-7-9-19(17)37-13(2)3)24(32)20(38-26)11-15-10-16(27)12-18(23(15)31)30(34)35/h6-13,22,31H,5H2,1-4H3/b20-11-/t22-/m0/s1. The van der Waals surface area contributed by atoms with Crippen LogP contribution in [0.25, 0.3) is 6.08 Å². The fourth-order valence-electron chi connectivity index (χ4n) is 4.15. The van der Waals surface area contributed by atoms with Gasteiger partial charge in [0.1, 0.15) is 11.8 Å². The van der Waals surface area contributed by atoms with Crippen molar-refractivity contribution in [3.63, 3.8) is 0 Å². The second kappa shape index (κ2) is 10.9. The van der Waals surface area contributed by atoms with E-state index in [1.807, 2.05) is 13.8 Å². The number of para-hydroxylation sites is 1. The molecular weight excluding hydrogens is 578 g/mol. The van der Waals surface area contributed by atoms with Crippen molar-refractivity contribution in [3.8, 4) is 11.5 Å². The number of phenols is 1. The van der Waals surface area contributed by atoms with Crippen molar-refractivity contribution in [1.29, 1.82) is 0 Å². The van der Waals surface area contributed by atoms with E-state index < -0.39 is 33.9 Å². The van der Waals surface area contributed by atoms with Gasteiger partial charge in [0.15, 0.2) is 4.80 Å². The van der Waals surface area contributed by atoms with Gasteiger partial charge in [-0.25, -0.2) is 9.79 Å². The third kappa shape index (κ3) is 5.14. The number of nitro benzene ring substituents is 1. The predicted molar refractivity (Wildman–Crippen MR) is 145 cm³/mol. The minimum Gasteiger partial charge on any atom is -0.502 e. The van der Waals surface area contributed by atoms with Gasteiger partial charge in [0.05, 0.1) is 33.4 Å². The fourth-order valence-corrected chi connectivity index (χ4v) is 5.65. The van der Waals surface area contributed by atoms with Crippen molar-refractivity contribution < 1.29 is 24.3 Å². The van der Waals surface area contributed by atoms with Crippen molar-refractivity contribution in [2.75, 3.05) is 6.61 Å². The Bertz CT molecular complexity index is 1660. The SMILES string of the molecule is CCOC(=O)C1=C(C)N=c2s/c(=C\c3cc(Br)cc([N+](=O)[O-])c3O)c(=O)n2[C@H]1c1ccccc1OC(C)C. The van der Waals surface area contributed by atoms with Crippen LogP contribution in [-0.2, 0) is 9.53 Å². The number of fused-ring (bicyclic) bond motifs is 1. The lowest BCUT2D eigenvalue weighted by Gasteiger charge is -2.26. The lowest BCUT2D eigenvalue weighted by Crippen LogP contribution is -2.40. The highest BCUT2D eigenvalue weighted by molar-refractivity contribution is 9.10. The molecule has 1 N–H and O–H groups in total. The number of hydrogen-bond acceptors (Lipinski definition) is 9. The summed E-state index contributed by atoms with van der Waals surface area (Å²) in [7, 11) is 0. The molecule has 0 radical (unpaired) electrons. The normalized spacial score (nSPS) is 15.3. The first-order valence-corrected chi connectivity index (χ1v) is 13.3. The first kappa shape index (κ1) is 27.3. The van der Waals surface area contributed by atoms with E-state index >= 15 is 0 Å². The monoisotopic (exact) mass is 601 g/mol. The molecule has 0 spiro atoms. The molecule has 12 heteroatoms. The molecule has 0 bridgehead atoms. The van der Waals surface area contributed by atoms with Crippen LogP contribution in [0.4, 0.5) is 5.69 Å². The molecule has 3 aromatic rings. The number of rotatable bonds is 7. The number of carbonyl (C=O) groups is 1. The maximum atomic E-state index is 13.8. The Morgan fingerprint density at radius 1 is 1.34 bits per heavy atom. The maximum Gasteiger partial charge on any atom is 0.338 e. The summed E-state index contributed by atoms with van der Waals surface area (Å²) in [4.78, 5) is 42.5. The van der Waals surface area contributed by atoms with Gasteiger partial charge < -0.3 is 14.6 Å². The highest BCUT2D eigenvalue weighted by atomic mass is 79.9. The molecule has 0 fully saturated rings. The summed E-state index contributed by atoms with van der Waals surface area (Å²) in [5.74, 6) is -0.675. The molecule has 1 aromatic heterocycles. The van der Waals surface area contributed by atoms with Crippen LogP contribution in [0.3, 0.4) is 0 Å². The minimum atomic E-state index is -0.896. The molecule has 10 nitrogen and oxygen atoms in total. The lowest BCUT2D eigenvalue weighted by molar-refractivity contribution is -0.385. The first-order chi connectivity index (χ1) is 18.0. The molecular formula is C26H24BrN3O7S. The van der Waals surface area contributed by atoms with E-state index in [0.29, 0.717) is 26.3 Å². The van der Waals surface area contributed by atoms with Gasteiger partial charge >= 0.3 is 11.7 Å². The van der Waals surface area contributed by atoms with Crippen molar-refractivity contribution in [3.05, 3.63) is 93.1 Å². The third-order valence-corrected chi connectivity index (χ3v) is 7.10. The summed E-state index contributed by atoms with van der Waals surface area (Å²) in [5.41, 5.74) is 0.254. The number of hydrogen-bond donors (Lipinski definition) is 1. The second-order valence-electron chi connectivity index (χ2n) is 8.63. The minimum absolute atomic E-state index is 0.0813. The number of phenolic OH excluding ortho intramolecular Hbond substituents is 1. The van der Waals surface area contributed by atoms with E-state index in [-0.39, 0.29) is 28.4 Å². The van der Waals surface area contributed by atoms with Crippen molar-refractivity contribution in [1.82, 2.24) is 4.57 Å². The van der Waals surface area contributed by atoms with Gasteiger partial charge in [-0.15, -0.1) is 0 Å². The van der Waals surface area contributed by atoms with Crippen molar-refractivity contribution in [2.24, 2.45) is 4.99 Å². The summed E-state index contributed by atoms with van der Waals surface area (Å²) >= 11 is 4.25. The van der Waals surface area contributed by atoms with E-state index in [2.05, 4.69) is 20.9 Å². The van der Waals surface area contributed by atoms with Gasteiger partial charge in [-0.05, 0) is 45.9 Å². The van der Waals surface area contributed by atoms with Gasteiger partial charge in [-0.2, -0.15) is 0 Å². The predicted octanol–water partition coefficient (Wildman–Crippen LogP) is 3.96. The molecule has 198 valence electrons. The van der Waals surface area contributed by atoms with Crippen LogP contribution < -0.4 is 19.6 Å². The molecule has 1 aliphatic heterocycles. The van der Waals surface area contributed by atoms with E-state index in [1.165, 1.54) is 22.8 Å². The number of allylic oxidation sites excluding steroid dienone is 1. The van der Waals surface area contributed by atoms with Gasteiger partial charge in [0.2, 0.25) is 5.75 Å². The average molecular weight is 602 g/mol. The molecule has 4 rings (SSSR count). The quantitative estimate of drug-likeness (QED) is 0.246. The molecule has 0 unspecified atom stereocenters. The Labute approximate surface area is 229 Å². The molecule has 1 aliphatic rings. The Morgan fingerprint density at radius 3 is 2.71 bits per heavy atom. The average Bonchev–Trinajstić information content (AvgIpc) is 3.14. The number of thiazole rings is 1. The van der Waals surface area contributed by atoms with Crippen LogP contribution >= 0.6 is 27.3 Å². The van der Waals surface area contributed by atoms with Crippen LogP contribution in [0.2, 0.25) is 0 Å². The Balaban J connectivity index is 2.01. The zero-order valence-electron chi connectivity index (χ0n) is 20.9. The number of aromatic hydroxyl groups is 1. The number of carbonyl (C=O) groups excluding carboxylic acids is 1. The summed E-state index contributed by atoms with van der Waals surface area (Å²) in [6, 6.07) is 8.88. The Hall–Kier alpha value is -3.77. The first-order valence-electron chi connectivity index (χ1n) is 11.7. The van der Waals surface area contributed by atoms with Crippen LogP contribution in [-0.4, -0.2) is 33.3 Å². The number of halogens is 1. The van der Waals surface area contributed by atoms with Crippen molar-refractivity contribution in [2.45, 2.75) is 39.8 Å². The van der Waals surface area contributed by atoms with Gasteiger partial charge in [-0.3, -0.25) is 19.5 Å². The van der Waals surface area contributed by atoms with Crippen LogP contribution in [0.1, 0.15) is 44.9 Å². The van der Waals surface area contributed by atoms with Crippen LogP contribution in [0.5, 0.6) is 11.5 Å². The van der Waals surface area contributed by atoms with Gasteiger partial charge in [-0.1, -0.05) is 45.5 Å². The number of nitro groups is 1. The van der Waals surface area contributed by atoms with Gasteiger partial charge in [0, 0.05) is 21.7 Å². The summed E-state index contributed by atoms with van der Waals surface area (Å²) in [6.07, 6.45) is 1.20. The number of esters is 1. The van der Waals surface area contributed by atoms with Crippen LogP contribution in [0.15, 0.2) is 61.9 Å². The summed E-state index contributed by atoms with van der Waals surface area (Å²) < 4.78 is 13.3. The maximum absolute atomic E-state index is 13.8. The second-order valence-corrected chi connectivity index (χ2v) is 10.6. The van der Waals surface area contributed by atoms with E-state index in [9.17, 15) is 24.8 Å². The van der Waals surface area contributed by atoms with E-state index in [1.54, 1.807) is 38.1 Å². The molecule has 0 aliphatic carbocycles. The van der Waals surface area contributed by atoms with E-state index in [0.717, 1.165) is 11.3 Å². The highest BCUT2D eigenvalue weighted by Crippen LogP contribution is 2.37. The highest BCUT2D eigenvalue weighted by Gasteiger charge is 2.35. The topological polar surface area (TPSA) is 133 Å². The number of aromatic nitrogens is 1. The molecule has 38 heavy (non-hydrogen) atoms. The van der Waals surface area contributed by atoms with Crippen LogP contribution in [0, 0.1) is 10.1 Å². The molecule has 0 amide bonds. The van der Waals surface area contributed by atoms with E-state index in [4.69, 9.17) is 9.47 Å². The molecule has 1 atom stereocenters. The van der Waals surface area contributed by atoms with Crippen molar-refractivity contribution >= 4 is 45.0 Å². The zero-order valence-corrected chi connectivity index (χ0v) is 23.3. The fraction of sp³-hybridized carbons (Fsp3) is 0.269. The molecule has 2 aromatic carbocycles. The zero-order chi connectivity index (χ0) is 27.7. The number of ether oxygens (including phenoxy) is 2. The Morgan fingerprint density at radius 2 is 2.05 bits per heavy atom. The molecule has 2 heterocycles. The third-order valence-electron chi connectivity index (χ3n) is 5.66. The summed E-state index contributed by atoms with van der Waals surface area (Å²) in [5, 5.41) is 21.9. The largest absolute Gasteiger partial charge is 0.502 e. The number of nitrogens with zero attached hydrogens (tertiary/aromatic N) is 3. The van der Waals surface area contributed by atoms with Gasteiger partial charge in [0.25, 0.3) is 5.56 Å². The summed E-state index contributed by atoms with van der Waals surface area (Å²) in [6.45, 7) is 7.25. The lowest BCUT2D eigenvalue weighted by atomic mass is 9.95.